The first-order valence-electron chi connectivity index (χ1n) is 4.47. The molecule has 0 spiro atoms. The summed E-state index contributed by atoms with van der Waals surface area (Å²) < 4.78 is 2.71. The Balaban J connectivity index is 2.27. The van der Waals surface area contributed by atoms with E-state index in [1.54, 1.807) is 0 Å². The van der Waals surface area contributed by atoms with Crippen molar-refractivity contribution < 1.29 is 4.92 Å². The Kier molecular flexibility index (Phi) is 2.50. The zero-order valence-corrected chi connectivity index (χ0v) is 10.4. The van der Waals surface area contributed by atoms with Crippen molar-refractivity contribution in [2.75, 3.05) is 12.0 Å². The third kappa shape index (κ3) is 1.53. The minimum atomic E-state index is -1.18. The molecule has 0 saturated heterocycles. The number of hydrogen-bond donors (Lipinski definition) is 0. The van der Waals surface area contributed by atoms with Crippen LogP contribution in [0.4, 0.5) is 0 Å². The van der Waals surface area contributed by atoms with Crippen LogP contribution in [0, 0.1) is 10.1 Å². The van der Waals surface area contributed by atoms with E-state index in [1.165, 1.54) is 5.57 Å². The van der Waals surface area contributed by atoms with Crippen molar-refractivity contribution >= 4 is 20.1 Å². The minimum absolute atomic E-state index is 0.223. The maximum atomic E-state index is 10.7. The molecule has 0 radical (unpaired) electrons. The summed E-state index contributed by atoms with van der Waals surface area (Å²) in [6, 6.07) is 0. The zero-order chi connectivity index (χ0) is 10.3. The van der Waals surface area contributed by atoms with Gasteiger partial charge in [0.1, 0.15) is 0 Å². The molecule has 1 unspecified atom stereocenters. The molecule has 5 heteroatoms. The van der Waals surface area contributed by atoms with Crippen molar-refractivity contribution in [2.45, 2.75) is 16.8 Å². The van der Waals surface area contributed by atoms with Crippen LogP contribution >= 0.6 is 20.1 Å². The van der Waals surface area contributed by atoms with Gasteiger partial charge in [-0.05, 0) is 0 Å². The molecule has 2 aliphatic rings. The molecule has 0 aromatic carbocycles. The molecule has 1 atom stereocenters. The van der Waals surface area contributed by atoms with Crippen LogP contribution in [0.15, 0.2) is 23.5 Å². The van der Waals surface area contributed by atoms with E-state index in [1.807, 2.05) is 6.08 Å². The summed E-state index contributed by atoms with van der Waals surface area (Å²) in [5.74, 6) is 0. The Morgan fingerprint density at radius 2 is 2.36 bits per heavy atom. The van der Waals surface area contributed by atoms with Gasteiger partial charge in [0.15, 0.2) is 0 Å². The average Bonchev–Trinajstić information content (AvgIpc) is 2.43. The number of halogens is 1. The second kappa shape index (κ2) is 3.52. The van der Waals surface area contributed by atoms with Crippen molar-refractivity contribution in [2.24, 2.45) is 0 Å². The molecule has 1 aliphatic carbocycles. The molecule has 4 nitrogen and oxygen atoms in total. The normalized spacial score (nSPS) is 28.3. The van der Waals surface area contributed by atoms with E-state index >= 15 is 0 Å². The van der Waals surface area contributed by atoms with Gasteiger partial charge in [-0.2, -0.15) is 0 Å². The summed E-state index contributed by atoms with van der Waals surface area (Å²) in [4.78, 5) is 12.7. The molecule has 0 fully saturated rings. The molecule has 1 aliphatic heterocycles. The van der Waals surface area contributed by atoms with E-state index in [-0.39, 0.29) is 4.92 Å². The van der Waals surface area contributed by atoms with Crippen LogP contribution in [0.2, 0.25) is 0 Å². The second-order valence-electron chi connectivity index (χ2n) is 3.53. The van der Waals surface area contributed by atoms with E-state index in [9.17, 15) is 10.1 Å². The summed E-state index contributed by atoms with van der Waals surface area (Å²) in [7, 11) is 2.09. The van der Waals surface area contributed by atoms with Gasteiger partial charge in [-0.15, -0.1) is 0 Å². The predicted molar refractivity (Wildman–Crippen MR) is 63.9 cm³/mol. The summed E-state index contributed by atoms with van der Waals surface area (Å²) >= 11 is -1.18. The Bertz CT molecular complexity index is 338. The standard InChI is InChI=1S/C9H13IN2O2/c1-10-9-5-8(12(13)14)4-3-7(9)6-11(10)2/h5-6,9H,3-4H2,1-2H3. The predicted octanol–water partition coefficient (Wildman–Crippen LogP) is 2.19. The molecule has 14 heavy (non-hydrogen) atoms. The van der Waals surface area contributed by atoms with Gasteiger partial charge in [0.05, 0.1) is 0 Å². The second-order valence-corrected chi connectivity index (χ2v) is 9.16. The molecular weight excluding hydrogens is 295 g/mol. The fourth-order valence-corrected chi connectivity index (χ4v) is 6.13. The molecule has 1 heterocycles. The van der Waals surface area contributed by atoms with Gasteiger partial charge in [0, 0.05) is 0 Å². The number of alkyl halides is 2. The third-order valence-electron chi connectivity index (χ3n) is 2.70. The van der Waals surface area contributed by atoms with Crippen molar-refractivity contribution in [3.63, 3.8) is 0 Å². The number of hydrogen-bond acceptors (Lipinski definition) is 3. The topological polar surface area (TPSA) is 46.4 Å². The van der Waals surface area contributed by atoms with Gasteiger partial charge in [0.25, 0.3) is 0 Å². The summed E-state index contributed by atoms with van der Waals surface area (Å²) in [5, 5.41) is 10.7. The van der Waals surface area contributed by atoms with Gasteiger partial charge < -0.3 is 0 Å². The molecule has 0 aromatic rings. The van der Waals surface area contributed by atoms with Gasteiger partial charge >= 0.3 is 90.5 Å². The zero-order valence-electron chi connectivity index (χ0n) is 8.24. The number of rotatable bonds is 1. The van der Waals surface area contributed by atoms with Gasteiger partial charge in [-0.3, -0.25) is 0 Å². The number of fused-ring (bicyclic) bond motifs is 1. The Labute approximate surface area is 90.5 Å². The first kappa shape index (κ1) is 9.95. The van der Waals surface area contributed by atoms with Crippen molar-refractivity contribution in [1.29, 1.82) is 0 Å². The van der Waals surface area contributed by atoms with Crippen LogP contribution in [0.3, 0.4) is 0 Å². The monoisotopic (exact) mass is 308 g/mol. The van der Waals surface area contributed by atoms with Gasteiger partial charge in [0.2, 0.25) is 0 Å². The molecule has 0 saturated carbocycles. The Hall–Kier alpha value is -0.590. The molecule has 78 valence electrons. The maximum absolute atomic E-state index is 10.7. The van der Waals surface area contributed by atoms with Crippen molar-refractivity contribution in [1.82, 2.24) is 3.11 Å². The van der Waals surface area contributed by atoms with Crippen molar-refractivity contribution in [3.05, 3.63) is 33.7 Å². The number of allylic oxidation sites excluding steroid dienone is 3. The average molecular weight is 308 g/mol. The third-order valence-corrected chi connectivity index (χ3v) is 8.48. The van der Waals surface area contributed by atoms with Crippen LogP contribution in [0.1, 0.15) is 12.8 Å². The first-order chi connectivity index (χ1) is 6.59. The number of nitrogens with zero attached hydrogens (tertiary/aromatic N) is 2. The van der Waals surface area contributed by atoms with Crippen LogP contribution in [0.5, 0.6) is 0 Å². The quantitative estimate of drug-likeness (QED) is 0.245. The van der Waals surface area contributed by atoms with Crippen LogP contribution in [0.25, 0.3) is 0 Å². The Morgan fingerprint density at radius 1 is 1.64 bits per heavy atom. The fourth-order valence-electron chi connectivity index (χ4n) is 1.82. The van der Waals surface area contributed by atoms with Gasteiger partial charge in [-0.25, -0.2) is 0 Å². The summed E-state index contributed by atoms with van der Waals surface area (Å²) in [6.07, 6.45) is 5.57. The summed E-state index contributed by atoms with van der Waals surface area (Å²) in [5.41, 5.74) is 1.83. The molecule has 0 bridgehead atoms. The first-order valence-corrected chi connectivity index (χ1v) is 8.83. The van der Waals surface area contributed by atoms with E-state index in [0.29, 0.717) is 16.0 Å². The van der Waals surface area contributed by atoms with Crippen LogP contribution < -0.4 is 0 Å². The SMILES string of the molecule is CN1C=C2CCC([N+](=O)[O-])=CC2I1C. The number of nitro groups is 1. The molecule has 0 amide bonds. The van der Waals surface area contributed by atoms with E-state index < -0.39 is 20.1 Å². The molecule has 0 aromatic heterocycles. The van der Waals surface area contributed by atoms with E-state index in [4.69, 9.17) is 0 Å². The molecule has 0 N–H and O–H groups in total. The van der Waals surface area contributed by atoms with Crippen LogP contribution in [-0.4, -0.2) is 23.9 Å². The molecule has 2 rings (SSSR count). The van der Waals surface area contributed by atoms with Crippen molar-refractivity contribution in [3.8, 4) is 0 Å². The van der Waals surface area contributed by atoms with E-state index in [2.05, 4.69) is 21.3 Å². The van der Waals surface area contributed by atoms with Crippen LogP contribution in [-0.2, 0) is 0 Å². The van der Waals surface area contributed by atoms with E-state index in [0.717, 1.165) is 6.42 Å². The van der Waals surface area contributed by atoms with Gasteiger partial charge in [-0.1, -0.05) is 0 Å². The summed E-state index contributed by atoms with van der Waals surface area (Å²) in [6.45, 7) is 0. The molecular formula is C9H13IN2O2. The Morgan fingerprint density at radius 3 is 3.00 bits per heavy atom. The fraction of sp³-hybridized carbons (Fsp3) is 0.556.